The van der Waals surface area contributed by atoms with Crippen molar-refractivity contribution in [1.82, 2.24) is 20.4 Å². The average molecular weight is 248 g/mol. The third-order valence-corrected chi connectivity index (χ3v) is 2.16. The van der Waals surface area contributed by atoms with E-state index in [1.165, 1.54) is 10.7 Å². The van der Waals surface area contributed by atoms with Crippen LogP contribution >= 0.6 is 0 Å². The summed E-state index contributed by atoms with van der Waals surface area (Å²) in [4.78, 5) is 23.3. The summed E-state index contributed by atoms with van der Waals surface area (Å²) in [5.41, 5.74) is 0.517. The number of aromatic nitrogens is 2. The Morgan fingerprint density at radius 1 is 1.28 bits per heavy atom. The molecule has 6 nitrogen and oxygen atoms in total. The van der Waals surface area contributed by atoms with Gasteiger partial charge in [0.1, 0.15) is 5.69 Å². The molecule has 0 bridgehead atoms. The maximum atomic E-state index is 11.7. The maximum Gasteiger partial charge on any atom is 0.272 e. The summed E-state index contributed by atoms with van der Waals surface area (Å²) >= 11 is 0. The van der Waals surface area contributed by atoms with E-state index in [9.17, 15) is 9.59 Å². The number of nitrogens with zero attached hydrogens (tertiary/aromatic N) is 2. The molecule has 0 unspecified atom stereocenters. The summed E-state index contributed by atoms with van der Waals surface area (Å²) in [7, 11) is 1.60. The molecule has 1 rings (SSSR count). The van der Waals surface area contributed by atoms with Gasteiger partial charge in [0, 0.05) is 26.2 Å². The molecule has 0 radical (unpaired) electrons. The first kappa shape index (κ1) is 13.7. The summed E-state index contributed by atoms with van der Waals surface area (Å²) in [6.45, 7) is 7.72. The zero-order chi connectivity index (χ0) is 13.5. The normalized spacial score (nSPS) is 9.61. The van der Waals surface area contributed by atoms with E-state index in [-0.39, 0.29) is 17.5 Å². The molecular formula is C12H16N4O2. The highest BCUT2D eigenvalue weighted by Gasteiger charge is 2.16. The van der Waals surface area contributed by atoms with Crippen LogP contribution in [0.15, 0.2) is 31.4 Å². The molecule has 0 atom stereocenters. The molecule has 0 spiro atoms. The van der Waals surface area contributed by atoms with Crippen LogP contribution in [0.25, 0.3) is 0 Å². The molecule has 18 heavy (non-hydrogen) atoms. The quantitative estimate of drug-likeness (QED) is 0.709. The monoisotopic (exact) mass is 248 g/mol. The number of rotatable bonds is 6. The van der Waals surface area contributed by atoms with Gasteiger partial charge in [-0.05, 0) is 0 Å². The fraction of sp³-hybridized carbons (Fsp3) is 0.250. The summed E-state index contributed by atoms with van der Waals surface area (Å²) < 4.78 is 1.36. The van der Waals surface area contributed by atoms with Crippen LogP contribution in [0.2, 0.25) is 0 Å². The van der Waals surface area contributed by atoms with E-state index in [0.29, 0.717) is 18.8 Å². The molecule has 0 saturated carbocycles. The topological polar surface area (TPSA) is 76.0 Å². The van der Waals surface area contributed by atoms with Gasteiger partial charge in [0.15, 0.2) is 5.69 Å². The van der Waals surface area contributed by atoms with Gasteiger partial charge < -0.3 is 10.6 Å². The van der Waals surface area contributed by atoms with Gasteiger partial charge in [-0.15, -0.1) is 13.2 Å². The van der Waals surface area contributed by atoms with Crippen LogP contribution in [0, 0.1) is 0 Å². The first-order valence-corrected chi connectivity index (χ1v) is 5.42. The van der Waals surface area contributed by atoms with Gasteiger partial charge >= 0.3 is 0 Å². The van der Waals surface area contributed by atoms with E-state index in [2.05, 4.69) is 28.9 Å². The minimum Gasteiger partial charge on any atom is -0.347 e. The van der Waals surface area contributed by atoms with Crippen molar-refractivity contribution in [3.05, 3.63) is 42.8 Å². The summed E-state index contributed by atoms with van der Waals surface area (Å²) in [5, 5.41) is 9.19. The summed E-state index contributed by atoms with van der Waals surface area (Å²) in [6.07, 6.45) is 3.14. The van der Waals surface area contributed by atoms with Gasteiger partial charge in [-0.3, -0.25) is 14.3 Å². The van der Waals surface area contributed by atoms with Gasteiger partial charge in [0.2, 0.25) is 0 Å². The van der Waals surface area contributed by atoms with Crippen LogP contribution in [0.5, 0.6) is 0 Å². The number of amides is 2. The highest BCUT2D eigenvalue weighted by molar-refractivity contribution is 5.97. The Morgan fingerprint density at radius 3 is 2.39 bits per heavy atom. The van der Waals surface area contributed by atoms with Crippen LogP contribution in [0.4, 0.5) is 0 Å². The minimum absolute atomic E-state index is 0.197. The Labute approximate surface area is 105 Å². The first-order valence-electron chi connectivity index (χ1n) is 5.42. The highest BCUT2D eigenvalue weighted by atomic mass is 16.2. The standard InChI is InChI=1S/C12H16N4O2/c1-4-6-13-11(17)9-8-10(16(3)15-9)12(18)14-7-5-2/h4-5,8H,1-2,6-7H2,3H3,(H,13,17)(H,14,18). The Hall–Kier alpha value is -2.37. The van der Waals surface area contributed by atoms with Crippen LogP contribution in [-0.4, -0.2) is 34.7 Å². The summed E-state index contributed by atoms with van der Waals surface area (Å²) in [6, 6.07) is 1.44. The second kappa shape index (κ2) is 6.39. The largest absolute Gasteiger partial charge is 0.347 e. The minimum atomic E-state index is -0.340. The molecule has 96 valence electrons. The van der Waals surface area contributed by atoms with E-state index >= 15 is 0 Å². The smallest absolute Gasteiger partial charge is 0.272 e. The first-order chi connectivity index (χ1) is 8.60. The molecule has 6 heteroatoms. The van der Waals surface area contributed by atoms with E-state index in [1.54, 1.807) is 19.2 Å². The maximum absolute atomic E-state index is 11.7. The molecule has 0 saturated heterocycles. The van der Waals surface area contributed by atoms with Crippen molar-refractivity contribution < 1.29 is 9.59 Å². The van der Waals surface area contributed by atoms with Gasteiger partial charge in [0.05, 0.1) is 0 Å². The molecule has 2 amide bonds. The number of aryl methyl sites for hydroxylation is 1. The van der Waals surface area contributed by atoms with Gasteiger partial charge in [-0.2, -0.15) is 5.10 Å². The van der Waals surface area contributed by atoms with E-state index < -0.39 is 0 Å². The Kier molecular flexibility index (Phi) is 4.86. The van der Waals surface area contributed by atoms with Crippen molar-refractivity contribution in [1.29, 1.82) is 0 Å². The van der Waals surface area contributed by atoms with Crippen LogP contribution in [0.3, 0.4) is 0 Å². The predicted octanol–water partition coefficient (Wildman–Crippen LogP) is 0.252. The zero-order valence-corrected chi connectivity index (χ0v) is 10.3. The fourth-order valence-corrected chi connectivity index (χ4v) is 1.30. The molecule has 0 aliphatic rings. The van der Waals surface area contributed by atoms with E-state index in [4.69, 9.17) is 0 Å². The lowest BCUT2D eigenvalue weighted by atomic mass is 10.3. The van der Waals surface area contributed by atoms with Crippen LogP contribution < -0.4 is 10.6 Å². The second-order valence-corrected chi connectivity index (χ2v) is 3.54. The van der Waals surface area contributed by atoms with Crippen molar-refractivity contribution in [3.63, 3.8) is 0 Å². The molecular weight excluding hydrogens is 232 g/mol. The third-order valence-electron chi connectivity index (χ3n) is 2.16. The van der Waals surface area contributed by atoms with Crippen molar-refractivity contribution in [2.24, 2.45) is 7.05 Å². The molecule has 0 aliphatic heterocycles. The van der Waals surface area contributed by atoms with Crippen molar-refractivity contribution >= 4 is 11.8 Å². The van der Waals surface area contributed by atoms with E-state index in [1.807, 2.05) is 0 Å². The molecule has 0 aromatic carbocycles. The SMILES string of the molecule is C=CCNC(=O)c1cc(C(=O)NCC=C)n(C)n1. The lowest BCUT2D eigenvalue weighted by Gasteiger charge is -2.00. The Balaban J connectivity index is 2.80. The number of hydrogen-bond acceptors (Lipinski definition) is 3. The molecule has 1 heterocycles. The summed E-state index contributed by atoms with van der Waals surface area (Å²) in [5.74, 6) is -0.638. The van der Waals surface area contributed by atoms with E-state index in [0.717, 1.165) is 0 Å². The molecule has 1 aromatic rings. The average Bonchev–Trinajstić information content (AvgIpc) is 2.75. The second-order valence-electron chi connectivity index (χ2n) is 3.54. The third kappa shape index (κ3) is 3.31. The number of carbonyl (C=O) groups is 2. The Bertz CT molecular complexity index is 476. The van der Waals surface area contributed by atoms with Crippen molar-refractivity contribution in [3.8, 4) is 0 Å². The van der Waals surface area contributed by atoms with Crippen LogP contribution in [0.1, 0.15) is 21.0 Å². The number of carbonyl (C=O) groups excluding carboxylic acids is 2. The van der Waals surface area contributed by atoms with Crippen molar-refractivity contribution in [2.75, 3.05) is 13.1 Å². The number of nitrogens with one attached hydrogen (secondary N) is 2. The van der Waals surface area contributed by atoms with Gasteiger partial charge in [0.25, 0.3) is 11.8 Å². The molecule has 0 fully saturated rings. The zero-order valence-electron chi connectivity index (χ0n) is 10.3. The highest BCUT2D eigenvalue weighted by Crippen LogP contribution is 2.03. The predicted molar refractivity (Wildman–Crippen MR) is 68.3 cm³/mol. The lowest BCUT2D eigenvalue weighted by Crippen LogP contribution is -2.25. The Morgan fingerprint density at radius 2 is 1.83 bits per heavy atom. The molecule has 0 aliphatic carbocycles. The molecule has 2 N–H and O–H groups in total. The van der Waals surface area contributed by atoms with Crippen LogP contribution in [-0.2, 0) is 7.05 Å². The molecule has 1 aromatic heterocycles. The van der Waals surface area contributed by atoms with Gasteiger partial charge in [-0.1, -0.05) is 12.2 Å². The fourth-order valence-electron chi connectivity index (χ4n) is 1.30. The number of hydrogen-bond donors (Lipinski definition) is 2. The van der Waals surface area contributed by atoms with Crippen molar-refractivity contribution in [2.45, 2.75) is 0 Å². The lowest BCUT2D eigenvalue weighted by molar-refractivity contribution is 0.0942. The van der Waals surface area contributed by atoms with Gasteiger partial charge in [-0.25, -0.2) is 0 Å².